The van der Waals surface area contributed by atoms with Gasteiger partial charge in [0, 0.05) is 32.8 Å². The minimum absolute atomic E-state index is 0.00398. The van der Waals surface area contributed by atoms with Crippen molar-refractivity contribution in [2.45, 2.75) is 26.2 Å². The molecule has 0 aromatic heterocycles. The standard InChI is InChI=1S/C12H24N2O4S/c1-3-13(7-5-9-15)12(16)11-6-4-8-14(10-11)19(2,17)18/h11,15H,3-10H2,1-2H3. The molecular weight excluding hydrogens is 268 g/mol. The molecule has 1 heterocycles. The average molecular weight is 292 g/mol. The van der Waals surface area contributed by atoms with Crippen molar-refractivity contribution >= 4 is 15.9 Å². The van der Waals surface area contributed by atoms with E-state index in [1.54, 1.807) is 4.90 Å². The molecule has 0 aromatic rings. The van der Waals surface area contributed by atoms with Crippen LogP contribution in [0.4, 0.5) is 0 Å². The van der Waals surface area contributed by atoms with Gasteiger partial charge in [-0.15, -0.1) is 0 Å². The van der Waals surface area contributed by atoms with Crippen molar-refractivity contribution in [2.24, 2.45) is 5.92 Å². The van der Waals surface area contributed by atoms with E-state index >= 15 is 0 Å². The lowest BCUT2D eigenvalue weighted by molar-refractivity contribution is -0.136. The summed E-state index contributed by atoms with van der Waals surface area (Å²) in [5, 5.41) is 8.83. The second kappa shape index (κ2) is 7.21. The number of nitrogens with zero attached hydrogens (tertiary/aromatic N) is 2. The van der Waals surface area contributed by atoms with E-state index in [2.05, 4.69) is 0 Å². The molecule has 1 fully saturated rings. The number of carbonyl (C=O) groups is 1. The zero-order valence-electron chi connectivity index (χ0n) is 11.7. The van der Waals surface area contributed by atoms with Gasteiger partial charge >= 0.3 is 0 Å². The van der Waals surface area contributed by atoms with Crippen LogP contribution in [-0.2, 0) is 14.8 Å². The predicted molar refractivity (Wildman–Crippen MR) is 73.1 cm³/mol. The highest BCUT2D eigenvalue weighted by molar-refractivity contribution is 7.88. The number of sulfonamides is 1. The fourth-order valence-corrected chi connectivity index (χ4v) is 3.30. The molecule has 0 saturated carbocycles. The highest BCUT2D eigenvalue weighted by Crippen LogP contribution is 2.20. The molecule has 19 heavy (non-hydrogen) atoms. The molecule has 1 aliphatic rings. The van der Waals surface area contributed by atoms with E-state index < -0.39 is 10.0 Å². The molecule has 0 aliphatic carbocycles. The molecule has 1 atom stereocenters. The van der Waals surface area contributed by atoms with Gasteiger partial charge in [0.05, 0.1) is 12.2 Å². The fourth-order valence-electron chi connectivity index (χ4n) is 2.39. The zero-order chi connectivity index (χ0) is 14.5. The molecular formula is C12H24N2O4S. The summed E-state index contributed by atoms with van der Waals surface area (Å²) >= 11 is 0. The summed E-state index contributed by atoms with van der Waals surface area (Å²) in [5.74, 6) is -0.244. The second-order valence-corrected chi connectivity index (χ2v) is 6.94. The van der Waals surface area contributed by atoms with E-state index in [-0.39, 0.29) is 25.0 Å². The molecule has 0 aromatic carbocycles. The van der Waals surface area contributed by atoms with Crippen LogP contribution in [0, 0.1) is 5.92 Å². The summed E-state index contributed by atoms with van der Waals surface area (Å²) < 4.78 is 24.5. The maximum absolute atomic E-state index is 12.3. The van der Waals surface area contributed by atoms with Crippen LogP contribution in [0.25, 0.3) is 0 Å². The van der Waals surface area contributed by atoms with Crippen molar-refractivity contribution in [3.8, 4) is 0 Å². The van der Waals surface area contributed by atoms with Crippen molar-refractivity contribution in [3.05, 3.63) is 0 Å². The first-order valence-corrected chi connectivity index (χ1v) is 8.59. The summed E-state index contributed by atoms with van der Waals surface area (Å²) in [5.41, 5.74) is 0. The molecule has 1 saturated heterocycles. The molecule has 1 rings (SSSR count). The SMILES string of the molecule is CCN(CCCO)C(=O)C1CCCN(S(C)(=O)=O)C1. The second-order valence-electron chi connectivity index (χ2n) is 4.96. The predicted octanol–water partition coefficient (Wildman–Crippen LogP) is -0.111. The Morgan fingerprint density at radius 3 is 2.68 bits per heavy atom. The monoisotopic (exact) mass is 292 g/mol. The van der Waals surface area contributed by atoms with Gasteiger partial charge in [-0.25, -0.2) is 12.7 Å². The van der Waals surface area contributed by atoms with E-state index in [4.69, 9.17) is 5.11 Å². The van der Waals surface area contributed by atoms with Crippen molar-refractivity contribution in [2.75, 3.05) is 39.0 Å². The fraction of sp³-hybridized carbons (Fsp3) is 0.917. The van der Waals surface area contributed by atoms with Gasteiger partial charge in [-0.2, -0.15) is 0 Å². The molecule has 112 valence electrons. The van der Waals surface area contributed by atoms with Crippen LogP contribution in [0.2, 0.25) is 0 Å². The molecule has 1 aliphatic heterocycles. The van der Waals surface area contributed by atoms with Crippen LogP contribution in [0.15, 0.2) is 0 Å². The minimum Gasteiger partial charge on any atom is -0.396 e. The van der Waals surface area contributed by atoms with E-state index in [0.717, 1.165) is 12.8 Å². The number of carbonyl (C=O) groups excluding carboxylic acids is 1. The molecule has 1 unspecified atom stereocenters. The molecule has 6 nitrogen and oxygen atoms in total. The molecule has 0 spiro atoms. The van der Waals surface area contributed by atoms with Gasteiger partial charge in [0.15, 0.2) is 0 Å². The molecule has 0 radical (unpaired) electrons. The van der Waals surface area contributed by atoms with E-state index in [1.807, 2.05) is 6.92 Å². The minimum atomic E-state index is -3.22. The Balaban J connectivity index is 2.65. The van der Waals surface area contributed by atoms with Crippen molar-refractivity contribution in [1.29, 1.82) is 0 Å². The Bertz CT molecular complexity index is 397. The number of piperidine rings is 1. The molecule has 1 N–H and O–H groups in total. The summed E-state index contributed by atoms with van der Waals surface area (Å²) in [6, 6.07) is 0. The Morgan fingerprint density at radius 2 is 2.16 bits per heavy atom. The Hall–Kier alpha value is -0.660. The van der Waals surface area contributed by atoms with Gasteiger partial charge in [-0.05, 0) is 26.2 Å². The van der Waals surface area contributed by atoms with Crippen molar-refractivity contribution < 1.29 is 18.3 Å². The van der Waals surface area contributed by atoms with Gasteiger partial charge in [-0.1, -0.05) is 0 Å². The summed E-state index contributed by atoms with van der Waals surface area (Å²) in [4.78, 5) is 14.0. The highest BCUT2D eigenvalue weighted by Gasteiger charge is 2.31. The topological polar surface area (TPSA) is 77.9 Å². The summed E-state index contributed by atoms with van der Waals surface area (Å²) in [7, 11) is -3.22. The van der Waals surface area contributed by atoms with Crippen molar-refractivity contribution in [3.63, 3.8) is 0 Å². The van der Waals surface area contributed by atoms with Crippen molar-refractivity contribution in [1.82, 2.24) is 9.21 Å². The molecule has 0 bridgehead atoms. The number of hydrogen-bond acceptors (Lipinski definition) is 4. The summed E-state index contributed by atoms with van der Waals surface area (Å²) in [6.45, 7) is 3.87. The lowest BCUT2D eigenvalue weighted by Crippen LogP contribution is -2.46. The average Bonchev–Trinajstić information content (AvgIpc) is 2.38. The first-order chi connectivity index (χ1) is 8.90. The Labute approximate surface area is 115 Å². The Kier molecular flexibility index (Phi) is 6.22. The summed E-state index contributed by atoms with van der Waals surface area (Å²) in [6.07, 6.45) is 3.20. The van der Waals surface area contributed by atoms with Crippen LogP contribution in [0.5, 0.6) is 0 Å². The third-order valence-electron chi connectivity index (χ3n) is 3.48. The first-order valence-electron chi connectivity index (χ1n) is 6.75. The van der Waals surface area contributed by atoms with Crippen LogP contribution >= 0.6 is 0 Å². The third kappa shape index (κ3) is 4.74. The van der Waals surface area contributed by atoms with E-state index in [0.29, 0.717) is 26.1 Å². The van der Waals surface area contributed by atoms with Gasteiger partial charge < -0.3 is 10.0 Å². The van der Waals surface area contributed by atoms with Crippen LogP contribution in [-0.4, -0.2) is 67.7 Å². The van der Waals surface area contributed by atoms with E-state index in [1.165, 1.54) is 10.6 Å². The maximum atomic E-state index is 12.3. The Morgan fingerprint density at radius 1 is 1.47 bits per heavy atom. The number of hydrogen-bond donors (Lipinski definition) is 1. The molecule has 1 amide bonds. The number of amides is 1. The normalized spacial score (nSPS) is 21.3. The largest absolute Gasteiger partial charge is 0.396 e. The number of rotatable bonds is 6. The van der Waals surface area contributed by atoms with Crippen LogP contribution in [0.3, 0.4) is 0 Å². The number of aliphatic hydroxyl groups is 1. The first kappa shape index (κ1) is 16.4. The van der Waals surface area contributed by atoms with Crippen LogP contribution < -0.4 is 0 Å². The molecule has 7 heteroatoms. The van der Waals surface area contributed by atoms with Crippen LogP contribution in [0.1, 0.15) is 26.2 Å². The lowest BCUT2D eigenvalue weighted by Gasteiger charge is -2.33. The quantitative estimate of drug-likeness (QED) is 0.741. The lowest BCUT2D eigenvalue weighted by atomic mass is 9.98. The smallest absolute Gasteiger partial charge is 0.227 e. The number of aliphatic hydroxyl groups excluding tert-OH is 1. The van der Waals surface area contributed by atoms with Gasteiger partial charge in [0.25, 0.3) is 0 Å². The third-order valence-corrected chi connectivity index (χ3v) is 4.75. The van der Waals surface area contributed by atoms with Gasteiger partial charge in [-0.3, -0.25) is 4.79 Å². The van der Waals surface area contributed by atoms with Gasteiger partial charge in [0.2, 0.25) is 15.9 Å². The highest BCUT2D eigenvalue weighted by atomic mass is 32.2. The maximum Gasteiger partial charge on any atom is 0.227 e. The van der Waals surface area contributed by atoms with E-state index in [9.17, 15) is 13.2 Å². The van der Waals surface area contributed by atoms with Gasteiger partial charge in [0.1, 0.15) is 0 Å². The zero-order valence-corrected chi connectivity index (χ0v) is 12.5.